The van der Waals surface area contributed by atoms with Crippen molar-refractivity contribution in [2.45, 2.75) is 97.9 Å². The number of fused-ring (bicyclic) bond motifs is 3. The number of nitrogens with zero attached hydrogens (tertiary/aromatic N) is 1. The molecule has 0 radical (unpaired) electrons. The summed E-state index contributed by atoms with van der Waals surface area (Å²) in [7, 11) is 0. The summed E-state index contributed by atoms with van der Waals surface area (Å²) in [6.07, 6.45) is 0. The van der Waals surface area contributed by atoms with Crippen LogP contribution in [0.15, 0.2) is 84.9 Å². The maximum atomic E-state index is 2.63. The Hall–Kier alpha value is -3.32. The Balaban J connectivity index is 1.87. The van der Waals surface area contributed by atoms with E-state index in [0.29, 0.717) is 0 Å². The third-order valence-corrected chi connectivity index (χ3v) is 8.57. The summed E-state index contributed by atoms with van der Waals surface area (Å²) < 4.78 is 0. The van der Waals surface area contributed by atoms with Crippen molar-refractivity contribution >= 4 is 11.4 Å². The summed E-state index contributed by atoms with van der Waals surface area (Å²) in [5.41, 5.74) is 13.2. The fourth-order valence-corrected chi connectivity index (χ4v) is 6.54. The van der Waals surface area contributed by atoms with Crippen LogP contribution in [0, 0.1) is 0 Å². The first-order valence-corrected chi connectivity index (χ1v) is 14.8. The maximum absolute atomic E-state index is 2.63. The van der Waals surface area contributed by atoms with Crippen LogP contribution >= 0.6 is 0 Å². The highest BCUT2D eigenvalue weighted by atomic mass is 15.2. The van der Waals surface area contributed by atoms with E-state index in [0.717, 1.165) is 0 Å². The number of rotatable bonds is 3. The highest BCUT2D eigenvalue weighted by molar-refractivity contribution is 5.87. The second-order valence-electron chi connectivity index (χ2n) is 15.2. The van der Waals surface area contributed by atoms with E-state index in [9.17, 15) is 0 Å². The highest BCUT2D eigenvalue weighted by Gasteiger charge is 2.39. The van der Waals surface area contributed by atoms with Crippen LogP contribution in [-0.4, -0.2) is 5.54 Å². The van der Waals surface area contributed by atoms with Gasteiger partial charge in [0.2, 0.25) is 0 Å². The maximum Gasteiger partial charge on any atom is 0.0460 e. The van der Waals surface area contributed by atoms with Crippen LogP contribution in [0.5, 0.6) is 0 Å². The Morgan fingerprint density at radius 3 is 1.68 bits per heavy atom. The smallest absolute Gasteiger partial charge is 0.0460 e. The van der Waals surface area contributed by atoms with E-state index in [2.05, 4.69) is 166 Å². The summed E-state index contributed by atoms with van der Waals surface area (Å²) >= 11 is 0. The number of hydrogen-bond donors (Lipinski definition) is 0. The minimum absolute atomic E-state index is 0.0126. The summed E-state index contributed by atoms with van der Waals surface area (Å²) in [5, 5.41) is 0. The van der Waals surface area contributed by atoms with Crippen LogP contribution in [0.3, 0.4) is 0 Å². The topological polar surface area (TPSA) is 3.24 Å². The predicted molar refractivity (Wildman–Crippen MR) is 175 cm³/mol. The van der Waals surface area contributed by atoms with Crippen molar-refractivity contribution in [2.75, 3.05) is 4.90 Å². The molecule has 0 unspecified atom stereocenters. The van der Waals surface area contributed by atoms with E-state index in [1.54, 1.807) is 0 Å². The largest absolute Gasteiger partial charge is 0.336 e. The molecule has 0 atom stereocenters. The van der Waals surface area contributed by atoms with Crippen LogP contribution < -0.4 is 4.90 Å². The molecular weight excluding hydrogens is 482 g/mol. The van der Waals surface area contributed by atoms with Crippen LogP contribution in [-0.2, 0) is 16.2 Å². The van der Waals surface area contributed by atoms with E-state index in [4.69, 9.17) is 0 Å². The van der Waals surface area contributed by atoms with Gasteiger partial charge < -0.3 is 4.90 Å². The van der Waals surface area contributed by atoms with Gasteiger partial charge in [0, 0.05) is 22.3 Å². The first-order valence-electron chi connectivity index (χ1n) is 14.8. The van der Waals surface area contributed by atoms with Crippen LogP contribution in [0.2, 0.25) is 0 Å². The number of benzene rings is 4. The highest BCUT2D eigenvalue weighted by Crippen LogP contribution is 2.53. The summed E-state index contributed by atoms with van der Waals surface area (Å²) in [6.45, 7) is 25.9. The van der Waals surface area contributed by atoms with Gasteiger partial charge in [-0.1, -0.05) is 128 Å². The molecular formula is C39H47N. The lowest BCUT2D eigenvalue weighted by atomic mass is 9.77. The van der Waals surface area contributed by atoms with Gasteiger partial charge >= 0.3 is 0 Å². The van der Waals surface area contributed by atoms with E-state index in [-0.39, 0.29) is 21.8 Å². The Morgan fingerprint density at radius 2 is 1.07 bits per heavy atom. The molecule has 0 saturated heterocycles. The van der Waals surface area contributed by atoms with Gasteiger partial charge in [0.1, 0.15) is 0 Å². The molecule has 1 heteroatoms. The first kappa shape index (κ1) is 28.2. The first-order chi connectivity index (χ1) is 18.5. The van der Waals surface area contributed by atoms with Crippen molar-refractivity contribution < 1.29 is 0 Å². The van der Waals surface area contributed by atoms with Gasteiger partial charge in [-0.15, -0.1) is 0 Å². The molecule has 208 valence electrons. The van der Waals surface area contributed by atoms with Crippen molar-refractivity contribution in [3.8, 4) is 22.3 Å². The lowest BCUT2D eigenvalue weighted by Crippen LogP contribution is -2.40. The van der Waals surface area contributed by atoms with Crippen LogP contribution in [0.25, 0.3) is 22.3 Å². The summed E-state index contributed by atoms with van der Waals surface area (Å²) in [5.74, 6) is 0. The van der Waals surface area contributed by atoms with Gasteiger partial charge in [0.05, 0.1) is 0 Å². The zero-order chi connectivity index (χ0) is 29.3. The van der Waals surface area contributed by atoms with Gasteiger partial charge in [-0.05, 0) is 88.2 Å². The fraction of sp³-hybridized carbons (Fsp3) is 0.385. The Kier molecular flexibility index (Phi) is 6.61. The minimum Gasteiger partial charge on any atom is -0.336 e. The molecule has 0 bridgehead atoms. The van der Waals surface area contributed by atoms with Gasteiger partial charge in [0.25, 0.3) is 0 Å². The average Bonchev–Trinajstić information content (AvgIpc) is 3.08. The summed E-state index contributed by atoms with van der Waals surface area (Å²) in [6, 6.07) is 31.9. The van der Waals surface area contributed by atoms with E-state index >= 15 is 0 Å². The van der Waals surface area contributed by atoms with Crippen molar-refractivity contribution in [1.29, 1.82) is 0 Å². The lowest BCUT2D eigenvalue weighted by Gasteiger charge is -2.44. The van der Waals surface area contributed by atoms with E-state index in [1.165, 1.54) is 55.9 Å². The van der Waals surface area contributed by atoms with Gasteiger partial charge in [-0.25, -0.2) is 0 Å². The molecule has 5 rings (SSSR count). The molecule has 0 aliphatic heterocycles. The van der Waals surface area contributed by atoms with Crippen molar-refractivity contribution in [3.63, 3.8) is 0 Å². The molecule has 0 spiro atoms. The van der Waals surface area contributed by atoms with E-state index in [1.807, 2.05) is 0 Å². The summed E-state index contributed by atoms with van der Waals surface area (Å²) in [4.78, 5) is 2.63. The molecule has 0 aromatic heterocycles. The monoisotopic (exact) mass is 529 g/mol. The Labute approximate surface area is 243 Å². The number of anilines is 2. The van der Waals surface area contributed by atoms with Crippen LogP contribution in [0.4, 0.5) is 11.4 Å². The molecule has 1 aliphatic rings. The van der Waals surface area contributed by atoms with Gasteiger partial charge in [0.15, 0.2) is 0 Å². The molecule has 0 N–H and O–H groups in total. The standard InChI is InChI=1S/C39H47N/c1-36(2,3)31-22-21-27(26-17-13-12-14-18-26)23-34(31)40(38(7,8)9)35-24-29-28-19-15-16-20-30(28)39(10,11)32(29)25-33(35)37(4,5)6/h12-25H,1-11H3. The molecule has 0 saturated carbocycles. The Morgan fingerprint density at radius 1 is 0.500 bits per heavy atom. The van der Waals surface area contributed by atoms with Gasteiger partial charge in [-0.3, -0.25) is 0 Å². The Bertz CT molecular complexity index is 1550. The molecule has 0 amide bonds. The SMILES string of the molecule is CC(C)(C)c1ccc(-c2ccccc2)cc1N(c1cc2c(cc1C(C)(C)C)C(C)(C)c1ccccc1-2)C(C)(C)C. The molecule has 0 heterocycles. The van der Waals surface area contributed by atoms with Gasteiger partial charge in [-0.2, -0.15) is 0 Å². The van der Waals surface area contributed by atoms with Crippen molar-refractivity contribution in [2.24, 2.45) is 0 Å². The quantitative estimate of drug-likeness (QED) is 0.255. The lowest BCUT2D eigenvalue weighted by molar-refractivity contribution is 0.531. The third-order valence-electron chi connectivity index (χ3n) is 8.57. The molecule has 40 heavy (non-hydrogen) atoms. The van der Waals surface area contributed by atoms with Crippen molar-refractivity contribution in [3.05, 3.63) is 107 Å². The zero-order valence-electron chi connectivity index (χ0n) is 26.5. The normalized spacial score (nSPS) is 14.6. The molecule has 1 nitrogen and oxygen atoms in total. The third kappa shape index (κ3) is 4.78. The molecule has 4 aromatic carbocycles. The van der Waals surface area contributed by atoms with Crippen LogP contribution in [0.1, 0.15) is 98.4 Å². The second-order valence-corrected chi connectivity index (χ2v) is 15.2. The molecule has 4 aromatic rings. The van der Waals surface area contributed by atoms with Crippen molar-refractivity contribution in [1.82, 2.24) is 0 Å². The minimum atomic E-state index is -0.156. The van der Waals surface area contributed by atoms with E-state index < -0.39 is 0 Å². The molecule has 1 aliphatic carbocycles. The molecule has 0 fully saturated rings. The predicted octanol–water partition coefficient (Wildman–Crippen LogP) is 11.2. The number of hydrogen-bond acceptors (Lipinski definition) is 1. The average molecular weight is 530 g/mol. The second kappa shape index (κ2) is 9.37. The fourth-order valence-electron chi connectivity index (χ4n) is 6.54. The zero-order valence-corrected chi connectivity index (χ0v) is 26.5.